The quantitative estimate of drug-likeness (QED) is 0.750. The van der Waals surface area contributed by atoms with Gasteiger partial charge in [0.2, 0.25) is 10.0 Å². The summed E-state index contributed by atoms with van der Waals surface area (Å²) < 4.78 is 52.6. The molecule has 0 saturated heterocycles. The number of nitrogens with one attached hydrogen (secondary N) is 2. The summed E-state index contributed by atoms with van der Waals surface area (Å²) in [5, 5.41) is 2.06. The van der Waals surface area contributed by atoms with Crippen LogP contribution in [-0.2, 0) is 10.0 Å². The van der Waals surface area contributed by atoms with Gasteiger partial charge in [0, 0.05) is 23.9 Å². The number of rotatable bonds is 7. The maximum atomic E-state index is 13.2. The third kappa shape index (κ3) is 5.83. The van der Waals surface area contributed by atoms with Crippen molar-refractivity contribution in [1.29, 1.82) is 0 Å². The fourth-order valence-electron chi connectivity index (χ4n) is 2.31. The first-order valence-corrected chi connectivity index (χ1v) is 9.99. The number of hydrogen-bond donors (Lipinski definition) is 2. The second-order valence-corrected chi connectivity index (χ2v) is 8.90. The number of amides is 1. The summed E-state index contributed by atoms with van der Waals surface area (Å²) >= 11 is 0. The molecular weight excluding hydrogens is 374 g/mol. The van der Waals surface area contributed by atoms with E-state index in [-0.39, 0.29) is 18.0 Å². The van der Waals surface area contributed by atoms with Crippen LogP contribution in [-0.4, -0.2) is 26.1 Å². The lowest BCUT2D eigenvalue weighted by Gasteiger charge is -2.15. The molecule has 1 amide bonds. The molecule has 5 nitrogen and oxygen atoms in total. The molecule has 0 fully saturated rings. The van der Waals surface area contributed by atoms with Gasteiger partial charge in [-0.15, -0.1) is 0 Å². The summed E-state index contributed by atoms with van der Waals surface area (Å²) in [5.41, 5.74) is 1.23. The minimum absolute atomic E-state index is 0.0689. The topological polar surface area (TPSA) is 75.3 Å². The molecule has 0 radical (unpaired) electrons. The van der Waals surface area contributed by atoms with E-state index >= 15 is 0 Å². The smallest absolute Gasteiger partial charge is 0.255 e. The predicted octanol–water partition coefficient (Wildman–Crippen LogP) is 3.65. The molecular formula is C19H22F2N2O3S. The SMILES string of the molecule is CC(C)S(=O)(=O)NC[C@@H](C)c1ccc(NC(=O)c2cc(F)cc(F)c2)cc1. The van der Waals surface area contributed by atoms with E-state index < -0.39 is 32.8 Å². The van der Waals surface area contributed by atoms with Crippen LogP contribution in [0, 0.1) is 11.6 Å². The first-order valence-electron chi connectivity index (χ1n) is 8.44. The van der Waals surface area contributed by atoms with Crippen LogP contribution in [0.25, 0.3) is 0 Å². The molecule has 2 N–H and O–H groups in total. The van der Waals surface area contributed by atoms with Crippen LogP contribution in [0.5, 0.6) is 0 Å². The monoisotopic (exact) mass is 396 g/mol. The lowest BCUT2D eigenvalue weighted by molar-refractivity contribution is 0.102. The van der Waals surface area contributed by atoms with E-state index in [9.17, 15) is 22.0 Å². The molecule has 0 aliphatic carbocycles. The zero-order valence-corrected chi connectivity index (χ0v) is 16.1. The van der Waals surface area contributed by atoms with Gasteiger partial charge < -0.3 is 5.32 Å². The van der Waals surface area contributed by atoms with Crippen molar-refractivity contribution in [3.8, 4) is 0 Å². The molecule has 0 aliphatic heterocycles. The molecule has 8 heteroatoms. The summed E-state index contributed by atoms with van der Waals surface area (Å²) in [6.07, 6.45) is 0. The maximum absolute atomic E-state index is 13.2. The summed E-state index contributed by atoms with van der Waals surface area (Å²) in [4.78, 5) is 12.1. The number of sulfonamides is 1. The van der Waals surface area contributed by atoms with E-state index in [2.05, 4.69) is 10.0 Å². The van der Waals surface area contributed by atoms with Crippen LogP contribution in [0.3, 0.4) is 0 Å². The molecule has 2 aromatic rings. The fraction of sp³-hybridized carbons (Fsp3) is 0.316. The van der Waals surface area contributed by atoms with Crippen molar-refractivity contribution >= 4 is 21.6 Å². The van der Waals surface area contributed by atoms with Crippen molar-refractivity contribution in [2.45, 2.75) is 31.9 Å². The molecule has 1 atom stereocenters. The number of anilines is 1. The Labute approximate surface area is 157 Å². The van der Waals surface area contributed by atoms with E-state index in [1.807, 2.05) is 6.92 Å². The number of benzene rings is 2. The first-order chi connectivity index (χ1) is 12.6. The largest absolute Gasteiger partial charge is 0.322 e. The van der Waals surface area contributed by atoms with Gasteiger partial charge in [-0.25, -0.2) is 21.9 Å². The Morgan fingerprint density at radius 2 is 1.56 bits per heavy atom. The molecule has 2 aromatic carbocycles. The molecule has 27 heavy (non-hydrogen) atoms. The second kappa shape index (κ2) is 8.58. The van der Waals surface area contributed by atoms with Crippen LogP contribution < -0.4 is 10.0 Å². The van der Waals surface area contributed by atoms with Crippen LogP contribution in [0.4, 0.5) is 14.5 Å². The van der Waals surface area contributed by atoms with Gasteiger partial charge >= 0.3 is 0 Å². The van der Waals surface area contributed by atoms with E-state index in [1.54, 1.807) is 38.1 Å². The Morgan fingerprint density at radius 3 is 2.07 bits per heavy atom. The fourth-order valence-corrected chi connectivity index (χ4v) is 3.12. The Bertz CT molecular complexity index is 893. The zero-order chi connectivity index (χ0) is 20.2. The number of hydrogen-bond acceptors (Lipinski definition) is 3. The molecule has 0 heterocycles. The van der Waals surface area contributed by atoms with Crippen molar-refractivity contribution < 1.29 is 22.0 Å². The van der Waals surface area contributed by atoms with Crippen molar-refractivity contribution in [3.63, 3.8) is 0 Å². The normalized spacial score (nSPS) is 12.8. The minimum atomic E-state index is -3.33. The first kappa shape index (κ1) is 21.0. The lowest BCUT2D eigenvalue weighted by Crippen LogP contribution is -2.33. The summed E-state index contributed by atoms with van der Waals surface area (Å²) in [6, 6.07) is 9.42. The van der Waals surface area contributed by atoms with Gasteiger partial charge in [-0.05, 0) is 49.6 Å². The molecule has 0 bridgehead atoms. The highest BCUT2D eigenvalue weighted by Gasteiger charge is 2.17. The van der Waals surface area contributed by atoms with Gasteiger partial charge in [0.1, 0.15) is 11.6 Å². The van der Waals surface area contributed by atoms with Crippen LogP contribution in [0.2, 0.25) is 0 Å². The predicted molar refractivity (Wildman–Crippen MR) is 101 cm³/mol. The maximum Gasteiger partial charge on any atom is 0.255 e. The van der Waals surface area contributed by atoms with Crippen molar-refractivity contribution in [3.05, 3.63) is 65.2 Å². The van der Waals surface area contributed by atoms with Gasteiger partial charge in [0.25, 0.3) is 5.91 Å². The van der Waals surface area contributed by atoms with Crippen molar-refractivity contribution in [1.82, 2.24) is 4.72 Å². The highest BCUT2D eigenvalue weighted by atomic mass is 32.2. The number of halogens is 2. The lowest BCUT2D eigenvalue weighted by atomic mass is 10.0. The third-order valence-electron chi connectivity index (χ3n) is 4.07. The summed E-state index contributed by atoms with van der Waals surface area (Å²) in [6.45, 7) is 5.35. The van der Waals surface area contributed by atoms with Gasteiger partial charge in [-0.2, -0.15) is 0 Å². The van der Waals surface area contributed by atoms with Crippen LogP contribution >= 0.6 is 0 Å². The number of carbonyl (C=O) groups excluding carboxylic acids is 1. The van der Waals surface area contributed by atoms with Gasteiger partial charge in [0.15, 0.2) is 0 Å². The highest BCUT2D eigenvalue weighted by Crippen LogP contribution is 2.19. The van der Waals surface area contributed by atoms with Gasteiger partial charge in [-0.3, -0.25) is 4.79 Å². The van der Waals surface area contributed by atoms with E-state index in [4.69, 9.17) is 0 Å². The van der Waals surface area contributed by atoms with E-state index in [0.29, 0.717) is 11.8 Å². The van der Waals surface area contributed by atoms with Crippen molar-refractivity contribution in [2.24, 2.45) is 0 Å². The standard InChI is InChI=1S/C19H22F2N2O3S/c1-12(2)27(25,26)22-11-13(3)14-4-6-18(7-5-14)23-19(24)15-8-16(20)10-17(21)9-15/h4-10,12-13,22H,11H2,1-3H3,(H,23,24)/t13-/m1/s1. The highest BCUT2D eigenvalue weighted by molar-refractivity contribution is 7.90. The van der Waals surface area contributed by atoms with E-state index in [1.165, 1.54) is 0 Å². The van der Waals surface area contributed by atoms with Gasteiger partial charge in [0.05, 0.1) is 5.25 Å². The minimum Gasteiger partial charge on any atom is -0.322 e. The Hall–Kier alpha value is -2.32. The Morgan fingerprint density at radius 1 is 1.00 bits per heavy atom. The molecule has 0 saturated carbocycles. The molecule has 2 rings (SSSR count). The van der Waals surface area contributed by atoms with Crippen molar-refractivity contribution in [2.75, 3.05) is 11.9 Å². The molecule has 0 spiro atoms. The van der Waals surface area contributed by atoms with Gasteiger partial charge in [-0.1, -0.05) is 19.1 Å². The molecule has 0 aliphatic rings. The average molecular weight is 396 g/mol. The second-order valence-electron chi connectivity index (χ2n) is 6.58. The number of carbonyl (C=O) groups is 1. The summed E-state index contributed by atoms with van der Waals surface area (Å²) in [5.74, 6) is -2.35. The van der Waals surface area contributed by atoms with Crippen LogP contribution in [0.15, 0.2) is 42.5 Å². The third-order valence-corrected chi connectivity index (χ3v) is 5.88. The average Bonchev–Trinajstić information content (AvgIpc) is 2.59. The van der Waals surface area contributed by atoms with Crippen LogP contribution in [0.1, 0.15) is 42.6 Å². The molecule has 0 aromatic heterocycles. The Kier molecular flexibility index (Phi) is 6.67. The molecule has 146 valence electrons. The Balaban J connectivity index is 2.01. The summed E-state index contributed by atoms with van der Waals surface area (Å²) in [7, 11) is -3.33. The zero-order valence-electron chi connectivity index (χ0n) is 15.3. The molecule has 0 unspecified atom stereocenters. The van der Waals surface area contributed by atoms with E-state index in [0.717, 1.165) is 17.7 Å².